The van der Waals surface area contributed by atoms with Crippen molar-refractivity contribution in [1.29, 1.82) is 0 Å². The molecule has 1 fully saturated rings. The molecular formula is C31H35BrClN3O4. The Bertz CT molecular complexity index is 1310. The summed E-state index contributed by atoms with van der Waals surface area (Å²) in [5.41, 5.74) is 3.88. The highest BCUT2D eigenvalue weighted by atomic mass is 79.9. The van der Waals surface area contributed by atoms with Crippen molar-refractivity contribution in [3.8, 4) is 0 Å². The van der Waals surface area contributed by atoms with E-state index in [1.54, 1.807) is 47.4 Å². The van der Waals surface area contributed by atoms with E-state index in [0.29, 0.717) is 22.2 Å². The second-order valence-corrected chi connectivity index (χ2v) is 10.9. The summed E-state index contributed by atoms with van der Waals surface area (Å²) < 4.78 is 0.740. The highest BCUT2D eigenvalue weighted by Gasteiger charge is 2.20. The molecule has 4 rings (SSSR count). The average Bonchev–Trinajstić information content (AvgIpc) is 2.94. The van der Waals surface area contributed by atoms with Crippen LogP contribution in [0.25, 0.3) is 0 Å². The van der Waals surface area contributed by atoms with Crippen LogP contribution in [-0.4, -0.2) is 29.6 Å². The summed E-state index contributed by atoms with van der Waals surface area (Å²) in [5.74, 6) is -0.752. The van der Waals surface area contributed by atoms with Gasteiger partial charge in [-0.25, -0.2) is 4.79 Å². The van der Waals surface area contributed by atoms with Gasteiger partial charge in [0.25, 0.3) is 5.91 Å². The van der Waals surface area contributed by atoms with Gasteiger partial charge in [0.2, 0.25) is 0 Å². The zero-order valence-corrected chi connectivity index (χ0v) is 23.8. The van der Waals surface area contributed by atoms with Crippen molar-refractivity contribution in [1.82, 2.24) is 5.32 Å². The lowest BCUT2D eigenvalue weighted by Gasteiger charge is -2.26. The van der Waals surface area contributed by atoms with Crippen molar-refractivity contribution in [3.63, 3.8) is 0 Å². The molecule has 1 aliphatic carbocycles. The van der Waals surface area contributed by atoms with Crippen molar-refractivity contribution in [3.05, 3.63) is 92.9 Å². The van der Waals surface area contributed by atoms with Crippen molar-refractivity contribution in [2.45, 2.75) is 58.4 Å². The monoisotopic (exact) mass is 627 g/mol. The van der Waals surface area contributed by atoms with Crippen molar-refractivity contribution in [2.24, 2.45) is 0 Å². The van der Waals surface area contributed by atoms with E-state index in [1.165, 1.54) is 37.7 Å². The molecule has 3 amide bonds. The lowest BCUT2D eigenvalue weighted by molar-refractivity contribution is -0.136. The maximum Gasteiger partial charge on any atom is 0.326 e. The lowest BCUT2D eigenvalue weighted by Crippen LogP contribution is -2.34. The number of carbonyl (C=O) groups is 3. The van der Waals surface area contributed by atoms with Crippen LogP contribution in [0.2, 0.25) is 5.02 Å². The maximum atomic E-state index is 13.5. The number of benzene rings is 3. The van der Waals surface area contributed by atoms with Gasteiger partial charge in [-0.15, -0.1) is 0 Å². The highest BCUT2D eigenvalue weighted by molar-refractivity contribution is 9.10. The molecule has 0 heterocycles. The van der Waals surface area contributed by atoms with Crippen molar-refractivity contribution < 1.29 is 19.5 Å². The number of amides is 3. The van der Waals surface area contributed by atoms with Gasteiger partial charge in [-0.1, -0.05) is 62.6 Å². The largest absolute Gasteiger partial charge is 0.481 e. The molecule has 0 aromatic heterocycles. The van der Waals surface area contributed by atoms with Gasteiger partial charge in [0.15, 0.2) is 0 Å². The van der Waals surface area contributed by atoms with E-state index in [4.69, 9.17) is 16.7 Å². The molecule has 212 valence electrons. The molecule has 0 saturated heterocycles. The quantitative estimate of drug-likeness (QED) is 0.222. The summed E-state index contributed by atoms with van der Waals surface area (Å²) in [6.07, 6.45) is 6.06. The topological polar surface area (TPSA) is 98.7 Å². The Morgan fingerprint density at radius 1 is 0.950 bits per heavy atom. The SMILES string of the molecule is C.O=C(O)CCNC(=O)c1ccc(CN(C(=O)Nc2ccc(Br)c(Cl)c2)c2ccc(C3CCCCC3)cc2)cc1. The Morgan fingerprint density at radius 2 is 1.62 bits per heavy atom. The molecule has 0 spiro atoms. The molecule has 3 N–H and O–H groups in total. The molecule has 0 radical (unpaired) electrons. The van der Waals surface area contributed by atoms with Crippen LogP contribution in [-0.2, 0) is 11.3 Å². The first-order chi connectivity index (χ1) is 18.8. The van der Waals surface area contributed by atoms with E-state index < -0.39 is 5.97 Å². The van der Waals surface area contributed by atoms with E-state index in [9.17, 15) is 14.4 Å². The highest BCUT2D eigenvalue weighted by Crippen LogP contribution is 2.34. The molecule has 3 aromatic rings. The Morgan fingerprint density at radius 3 is 2.25 bits per heavy atom. The molecule has 0 atom stereocenters. The van der Waals surface area contributed by atoms with Gasteiger partial charge >= 0.3 is 12.0 Å². The van der Waals surface area contributed by atoms with Crippen LogP contribution >= 0.6 is 27.5 Å². The molecule has 9 heteroatoms. The Hall–Kier alpha value is -3.36. The summed E-state index contributed by atoms with van der Waals surface area (Å²) >= 11 is 9.60. The van der Waals surface area contributed by atoms with Crippen LogP contribution in [0.1, 0.15) is 73.4 Å². The zero-order valence-electron chi connectivity index (χ0n) is 21.5. The zero-order chi connectivity index (χ0) is 27.8. The van der Waals surface area contributed by atoms with E-state index in [1.807, 2.05) is 12.1 Å². The van der Waals surface area contributed by atoms with E-state index in [2.05, 4.69) is 38.7 Å². The minimum absolute atomic E-state index is 0. The Labute approximate surface area is 249 Å². The number of hydrogen-bond acceptors (Lipinski definition) is 3. The molecule has 40 heavy (non-hydrogen) atoms. The number of carboxylic acid groups (broad SMARTS) is 1. The predicted molar refractivity (Wildman–Crippen MR) is 164 cm³/mol. The van der Waals surface area contributed by atoms with Gasteiger partial charge in [0.1, 0.15) is 0 Å². The number of carbonyl (C=O) groups excluding carboxylic acids is 2. The fourth-order valence-electron chi connectivity index (χ4n) is 4.74. The van der Waals surface area contributed by atoms with Crippen LogP contribution in [0.15, 0.2) is 71.2 Å². The van der Waals surface area contributed by atoms with Crippen LogP contribution < -0.4 is 15.5 Å². The first-order valence-corrected chi connectivity index (χ1v) is 14.2. The Kier molecular flexibility index (Phi) is 11.6. The number of carboxylic acids is 1. The van der Waals surface area contributed by atoms with Gasteiger partial charge in [0.05, 0.1) is 18.0 Å². The number of urea groups is 1. The van der Waals surface area contributed by atoms with Crippen LogP contribution in [0.3, 0.4) is 0 Å². The minimum atomic E-state index is -0.971. The number of rotatable bonds is 9. The van der Waals surface area contributed by atoms with Gasteiger partial charge in [-0.3, -0.25) is 14.5 Å². The van der Waals surface area contributed by atoms with Crippen LogP contribution in [0.5, 0.6) is 0 Å². The fraction of sp³-hybridized carbons (Fsp3) is 0.323. The van der Waals surface area contributed by atoms with E-state index in [-0.39, 0.29) is 38.9 Å². The van der Waals surface area contributed by atoms with Crippen molar-refractivity contribution in [2.75, 3.05) is 16.8 Å². The third-order valence-electron chi connectivity index (χ3n) is 6.88. The molecule has 0 aliphatic heterocycles. The van der Waals surface area contributed by atoms with Crippen molar-refractivity contribution >= 4 is 56.8 Å². The second-order valence-electron chi connectivity index (χ2n) is 9.67. The van der Waals surface area contributed by atoms with E-state index >= 15 is 0 Å². The third kappa shape index (κ3) is 8.57. The number of aliphatic carboxylic acids is 1. The van der Waals surface area contributed by atoms with Crippen LogP contribution in [0.4, 0.5) is 16.2 Å². The van der Waals surface area contributed by atoms with Gasteiger partial charge in [-0.05, 0) is 88.3 Å². The molecule has 0 unspecified atom stereocenters. The Balaban J connectivity index is 0.00000441. The first-order valence-electron chi connectivity index (χ1n) is 13.0. The van der Waals surface area contributed by atoms with Gasteiger partial charge < -0.3 is 15.7 Å². The minimum Gasteiger partial charge on any atom is -0.481 e. The molecule has 1 aliphatic rings. The third-order valence-corrected chi connectivity index (χ3v) is 8.11. The van der Waals surface area contributed by atoms with Gasteiger partial charge in [-0.2, -0.15) is 0 Å². The van der Waals surface area contributed by atoms with Gasteiger partial charge in [0, 0.05) is 28.0 Å². The first kappa shape index (κ1) is 31.2. The molecular weight excluding hydrogens is 594 g/mol. The van der Waals surface area contributed by atoms with Crippen LogP contribution in [0, 0.1) is 0 Å². The summed E-state index contributed by atoms with van der Waals surface area (Å²) in [6, 6.07) is 20.1. The molecule has 7 nitrogen and oxygen atoms in total. The predicted octanol–water partition coefficient (Wildman–Crippen LogP) is 8.23. The lowest BCUT2D eigenvalue weighted by atomic mass is 9.84. The summed E-state index contributed by atoms with van der Waals surface area (Å²) in [5, 5.41) is 14.8. The normalized spacial score (nSPS) is 13.2. The average molecular weight is 629 g/mol. The number of anilines is 2. The maximum absolute atomic E-state index is 13.5. The number of nitrogens with zero attached hydrogens (tertiary/aromatic N) is 1. The number of nitrogens with one attached hydrogen (secondary N) is 2. The standard InChI is InChI=1S/C30H31BrClN3O4.CH4/c31-26-15-12-24(18-27(26)32)34-30(39)35(25-13-10-22(11-14-25)21-4-2-1-3-5-21)19-20-6-8-23(9-7-20)29(38)33-17-16-28(36)37;/h6-15,18,21H,1-5,16-17,19H2,(H,33,38)(H,34,39)(H,36,37);1H4. The number of halogens is 2. The molecule has 0 bridgehead atoms. The molecule has 1 saturated carbocycles. The summed E-state index contributed by atoms with van der Waals surface area (Å²) in [4.78, 5) is 38.2. The second kappa shape index (κ2) is 14.9. The summed E-state index contributed by atoms with van der Waals surface area (Å²) in [7, 11) is 0. The summed E-state index contributed by atoms with van der Waals surface area (Å²) in [6.45, 7) is 0.334. The van der Waals surface area contributed by atoms with E-state index in [0.717, 1.165) is 15.7 Å². The fourth-order valence-corrected chi connectivity index (χ4v) is 5.16. The smallest absolute Gasteiger partial charge is 0.326 e. The number of hydrogen-bond donors (Lipinski definition) is 3. The molecule has 3 aromatic carbocycles.